The Kier molecular flexibility index (Phi) is 5.37. The van der Waals surface area contributed by atoms with Crippen LogP contribution in [0.2, 0.25) is 0 Å². The summed E-state index contributed by atoms with van der Waals surface area (Å²) in [5.41, 5.74) is -0.688. The lowest BCUT2D eigenvalue weighted by molar-refractivity contribution is -0.141. The fourth-order valence-corrected chi connectivity index (χ4v) is 2.35. The average molecular weight is 252 g/mol. The molecule has 0 aromatic carbocycles. The first-order valence-electron chi connectivity index (χ1n) is 5.10. The summed E-state index contributed by atoms with van der Waals surface area (Å²) >= 11 is 0. The Hall–Kier alpha value is -0.660. The number of carboxylic acid groups (broad SMARTS) is 1. The predicted molar refractivity (Wildman–Crippen MR) is 61.2 cm³/mol. The molecular weight excluding hydrogens is 232 g/mol. The van der Waals surface area contributed by atoms with Crippen LogP contribution in [0.5, 0.6) is 0 Å². The van der Waals surface area contributed by atoms with Crippen LogP contribution >= 0.6 is 0 Å². The van der Waals surface area contributed by atoms with Gasteiger partial charge in [-0.2, -0.15) is 13.1 Å². The number of carbonyl (C=O) groups is 1. The van der Waals surface area contributed by atoms with Gasteiger partial charge in [0, 0.05) is 6.54 Å². The van der Waals surface area contributed by atoms with Crippen LogP contribution in [0.15, 0.2) is 0 Å². The maximum absolute atomic E-state index is 11.5. The zero-order valence-corrected chi connectivity index (χ0v) is 10.9. The van der Waals surface area contributed by atoms with Gasteiger partial charge in [0.25, 0.3) is 10.2 Å². The first-order chi connectivity index (χ1) is 7.10. The molecule has 0 aliphatic heterocycles. The Morgan fingerprint density at radius 1 is 1.38 bits per heavy atom. The van der Waals surface area contributed by atoms with E-state index >= 15 is 0 Å². The van der Waals surface area contributed by atoms with Crippen molar-refractivity contribution >= 4 is 16.2 Å². The summed E-state index contributed by atoms with van der Waals surface area (Å²) in [7, 11) is -3.75. The van der Waals surface area contributed by atoms with Crippen molar-refractivity contribution in [1.82, 2.24) is 9.44 Å². The second-order valence-electron chi connectivity index (χ2n) is 4.65. The molecule has 0 amide bonds. The SMILES string of the molecule is CCCNS(=O)(=O)NC(C(=O)O)C(C)(C)C. The highest BCUT2D eigenvalue weighted by Gasteiger charge is 2.34. The van der Waals surface area contributed by atoms with Crippen LogP contribution in [0.1, 0.15) is 34.1 Å². The Morgan fingerprint density at radius 3 is 2.19 bits per heavy atom. The highest BCUT2D eigenvalue weighted by molar-refractivity contribution is 7.87. The van der Waals surface area contributed by atoms with Gasteiger partial charge in [0.05, 0.1) is 0 Å². The van der Waals surface area contributed by atoms with Gasteiger partial charge in [0.15, 0.2) is 0 Å². The van der Waals surface area contributed by atoms with Crippen LogP contribution in [0, 0.1) is 5.41 Å². The fourth-order valence-electron chi connectivity index (χ4n) is 1.03. The third-order valence-corrected chi connectivity index (χ3v) is 3.06. The zero-order chi connectivity index (χ0) is 13.0. The van der Waals surface area contributed by atoms with Crippen LogP contribution in [-0.2, 0) is 15.0 Å². The normalized spacial score (nSPS) is 14.8. The van der Waals surface area contributed by atoms with Crippen LogP contribution in [0.4, 0.5) is 0 Å². The van der Waals surface area contributed by atoms with E-state index in [4.69, 9.17) is 5.11 Å². The smallest absolute Gasteiger partial charge is 0.322 e. The average Bonchev–Trinajstić information content (AvgIpc) is 2.09. The van der Waals surface area contributed by atoms with E-state index in [1.54, 1.807) is 20.8 Å². The highest BCUT2D eigenvalue weighted by atomic mass is 32.2. The molecule has 0 saturated heterocycles. The van der Waals surface area contributed by atoms with Gasteiger partial charge in [-0.3, -0.25) is 4.79 Å². The predicted octanol–water partition coefficient (Wildman–Crippen LogP) is 0.320. The van der Waals surface area contributed by atoms with Crippen LogP contribution in [0.25, 0.3) is 0 Å². The largest absolute Gasteiger partial charge is 0.480 e. The molecule has 0 aliphatic carbocycles. The number of nitrogens with one attached hydrogen (secondary N) is 2. The van der Waals surface area contributed by atoms with Crippen molar-refractivity contribution in [1.29, 1.82) is 0 Å². The minimum absolute atomic E-state index is 0.284. The third-order valence-electron chi connectivity index (χ3n) is 1.93. The van der Waals surface area contributed by atoms with Gasteiger partial charge in [-0.1, -0.05) is 27.7 Å². The molecule has 0 rings (SSSR count). The minimum atomic E-state index is -3.75. The molecule has 0 spiro atoms. The fraction of sp³-hybridized carbons (Fsp3) is 0.889. The Labute approximate surface area is 96.6 Å². The second-order valence-corrected chi connectivity index (χ2v) is 6.18. The summed E-state index contributed by atoms with van der Waals surface area (Å²) in [6.45, 7) is 7.09. The molecule has 6 nitrogen and oxygen atoms in total. The van der Waals surface area contributed by atoms with E-state index in [0.717, 1.165) is 0 Å². The van der Waals surface area contributed by atoms with E-state index in [1.807, 2.05) is 6.92 Å². The molecule has 0 aromatic rings. The number of hydrogen-bond acceptors (Lipinski definition) is 3. The van der Waals surface area contributed by atoms with E-state index in [2.05, 4.69) is 9.44 Å². The van der Waals surface area contributed by atoms with Gasteiger partial charge in [0.1, 0.15) is 6.04 Å². The first kappa shape index (κ1) is 15.3. The highest BCUT2D eigenvalue weighted by Crippen LogP contribution is 2.19. The molecular formula is C9H20N2O4S. The summed E-state index contributed by atoms with van der Waals surface area (Å²) < 4.78 is 27.3. The van der Waals surface area contributed by atoms with Gasteiger partial charge in [-0.25, -0.2) is 4.72 Å². The van der Waals surface area contributed by atoms with Gasteiger partial charge in [-0.05, 0) is 11.8 Å². The molecule has 0 aromatic heterocycles. The quantitative estimate of drug-likeness (QED) is 0.634. The van der Waals surface area contributed by atoms with Crippen molar-refractivity contribution in [3.05, 3.63) is 0 Å². The summed E-state index contributed by atoms with van der Waals surface area (Å²) in [4.78, 5) is 10.9. The Balaban J connectivity index is 4.71. The van der Waals surface area contributed by atoms with Crippen molar-refractivity contribution in [3.8, 4) is 0 Å². The van der Waals surface area contributed by atoms with E-state index in [1.165, 1.54) is 0 Å². The van der Waals surface area contributed by atoms with Crippen LogP contribution in [0.3, 0.4) is 0 Å². The van der Waals surface area contributed by atoms with Gasteiger partial charge < -0.3 is 5.11 Å². The Bertz CT molecular complexity index is 332. The van der Waals surface area contributed by atoms with Gasteiger partial charge in [0.2, 0.25) is 0 Å². The molecule has 0 radical (unpaired) electrons. The molecule has 1 unspecified atom stereocenters. The molecule has 0 fully saturated rings. The standard InChI is InChI=1S/C9H20N2O4S/c1-5-6-10-16(14,15)11-7(8(12)13)9(2,3)4/h7,10-11H,5-6H2,1-4H3,(H,12,13). The summed E-state index contributed by atoms with van der Waals surface area (Å²) in [6.07, 6.45) is 0.647. The molecule has 0 bridgehead atoms. The van der Waals surface area contributed by atoms with Crippen molar-refractivity contribution in [2.75, 3.05) is 6.54 Å². The van der Waals surface area contributed by atoms with Gasteiger partial charge in [-0.15, -0.1) is 0 Å². The Morgan fingerprint density at radius 2 is 1.88 bits per heavy atom. The zero-order valence-electron chi connectivity index (χ0n) is 10.1. The molecule has 0 saturated carbocycles. The summed E-state index contributed by atoms with van der Waals surface area (Å²) in [5, 5.41) is 8.94. The van der Waals surface area contributed by atoms with Crippen LogP contribution in [-0.4, -0.2) is 32.1 Å². The van der Waals surface area contributed by atoms with Crippen LogP contribution < -0.4 is 9.44 Å². The molecule has 1 atom stereocenters. The number of rotatable bonds is 6. The monoisotopic (exact) mass is 252 g/mol. The molecule has 16 heavy (non-hydrogen) atoms. The van der Waals surface area contributed by atoms with Gasteiger partial charge >= 0.3 is 5.97 Å². The molecule has 0 heterocycles. The number of carboxylic acids is 1. The molecule has 96 valence electrons. The lowest BCUT2D eigenvalue weighted by Gasteiger charge is -2.27. The van der Waals surface area contributed by atoms with Crippen molar-refractivity contribution in [2.24, 2.45) is 5.41 Å². The number of aliphatic carboxylic acids is 1. The maximum Gasteiger partial charge on any atom is 0.322 e. The summed E-state index contributed by atoms with van der Waals surface area (Å²) in [6, 6.07) is -1.15. The topological polar surface area (TPSA) is 95.5 Å². The molecule has 0 aliphatic rings. The minimum Gasteiger partial charge on any atom is -0.480 e. The maximum atomic E-state index is 11.5. The van der Waals surface area contributed by atoms with E-state index in [9.17, 15) is 13.2 Å². The third kappa shape index (κ3) is 5.43. The van der Waals surface area contributed by atoms with Crippen molar-refractivity contribution < 1.29 is 18.3 Å². The molecule has 3 N–H and O–H groups in total. The van der Waals surface area contributed by atoms with E-state index in [0.29, 0.717) is 6.42 Å². The van der Waals surface area contributed by atoms with Crippen molar-refractivity contribution in [3.63, 3.8) is 0 Å². The summed E-state index contributed by atoms with van der Waals surface area (Å²) in [5.74, 6) is -1.19. The number of hydrogen-bond donors (Lipinski definition) is 3. The first-order valence-corrected chi connectivity index (χ1v) is 6.58. The van der Waals surface area contributed by atoms with E-state index in [-0.39, 0.29) is 6.54 Å². The lowest BCUT2D eigenvalue weighted by Crippen LogP contribution is -2.52. The van der Waals surface area contributed by atoms with E-state index < -0.39 is 27.6 Å². The lowest BCUT2D eigenvalue weighted by atomic mass is 9.88. The second kappa shape index (κ2) is 5.60. The van der Waals surface area contributed by atoms with Crippen molar-refractivity contribution in [2.45, 2.75) is 40.2 Å². The molecule has 7 heteroatoms.